The van der Waals surface area contributed by atoms with Crippen molar-refractivity contribution in [3.63, 3.8) is 0 Å². The molecular formula is C9H14S. The molecule has 56 valence electrons. The molecule has 1 heteroatoms. The minimum atomic E-state index is 0.714. The molecular weight excluding hydrogens is 140 g/mol. The first kappa shape index (κ1) is 7.80. The van der Waals surface area contributed by atoms with Gasteiger partial charge >= 0.3 is 0 Å². The molecule has 1 unspecified atom stereocenters. The maximum absolute atomic E-state index is 2.28. The van der Waals surface area contributed by atoms with Crippen molar-refractivity contribution in [3.8, 4) is 0 Å². The molecule has 0 radical (unpaired) electrons. The summed E-state index contributed by atoms with van der Waals surface area (Å²) in [4.78, 5) is 0. The zero-order valence-electron chi connectivity index (χ0n) is 6.79. The lowest BCUT2D eigenvalue weighted by Crippen LogP contribution is -1.99. The van der Waals surface area contributed by atoms with Crippen LogP contribution < -0.4 is 0 Å². The van der Waals surface area contributed by atoms with Crippen LogP contribution in [0.15, 0.2) is 16.8 Å². The molecule has 1 atom stereocenters. The van der Waals surface area contributed by atoms with Gasteiger partial charge in [-0.2, -0.15) is 11.3 Å². The minimum absolute atomic E-state index is 0.714. The van der Waals surface area contributed by atoms with E-state index in [1.165, 1.54) is 5.56 Å². The third-order valence-corrected chi connectivity index (χ3v) is 2.77. The fourth-order valence-corrected chi connectivity index (χ4v) is 1.68. The second kappa shape index (κ2) is 3.20. The van der Waals surface area contributed by atoms with E-state index >= 15 is 0 Å². The molecule has 1 rings (SSSR count). The van der Waals surface area contributed by atoms with Gasteiger partial charge in [0, 0.05) is 0 Å². The Bertz CT molecular complexity index is 175. The monoisotopic (exact) mass is 154 g/mol. The Hall–Kier alpha value is -0.300. The second-order valence-corrected chi connectivity index (χ2v) is 3.87. The second-order valence-electron chi connectivity index (χ2n) is 3.09. The third-order valence-electron chi connectivity index (χ3n) is 2.07. The summed E-state index contributed by atoms with van der Waals surface area (Å²) < 4.78 is 0. The van der Waals surface area contributed by atoms with Crippen molar-refractivity contribution < 1.29 is 0 Å². The first-order valence-electron chi connectivity index (χ1n) is 3.74. The maximum atomic E-state index is 2.28. The van der Waals surface area contributed by atoms with Crippen LogP contribution in [-0.4, -0.2) is 0 Å². The van der Waals surface area contributed by atoms with Crippen LogP contribution in [0.4, 0.5) is 0 Å². The smallest absolute Gasteiger partial charge is 0.00584 e. The lowest BCUT2D eigenvalue weighted by Gasteiger charge is -2.12. The van der Waals surface area contributed by atoms with Crippen molar-refractivity contribution in [1.82, 2.24) is 0 Å². The Morgan fingerprint density at radius 1 is 1.30 bits per heavy atom. The first-order valence-corrected chi connectivity index (χ1v) is 4.68. The van der Waals surface area contributed by atoms with Crippen LogP contribution in [0.2, 0.25) is 0 Å². The zero-order chi connectivity index (χ0) is 7.56. The lowest BCUT2D eigenvalue weighted by atomic mass is 9.93. The van der Waals surface area contributed by atoms with E-state index in [-0.39, 0.29) is 0 Å². The SMILES string of the molecule is CC(C)C(C)c1ccsc1. The standard InChI is InChI=1S/C9H14S/c1-7(2)8(3)9-4-5-10-6-9/h4-8H,1-3H3. The molecule has 0 aliphatic heterocycles. The van der Waals surface area contributed by atoms with Crippen LogP contribution >= 0.6 is 11.3 Å². The summed E-state index contributed by atoms with van der Waals surface area (Å²) in [6.45, 7) is 6.82. The van der Waals surface area contributed by atoms with Crippen molar-refractivity contribution in [3.05, 3.63) is 22.4 Å². The first-order chi connectivity index (χ1) is 4.72. The van der Waals surface area contributed by atoms with Gasteiger partial charge in [-0.1, -0.05) is 20.8 Å². The van der Waals surface area contributed by atoms with E-state index in [0.29, 0.717) is 5.92 Å². The summed E-state index contributed by atoms with van der Waals surface area (Å²) in [5.74, 6) is 1.47. The molecule has 0 spiro atoms. The molecule has 1 aromatic rings. The molecule has 10 heavy (non-hydrogen) atoms. The Balaban J connectivity index is 2.68. The van der Waals surface area contributed by atoms with Crippen LogP contribution in [0.5, 0.6) is 0 Å². The highest BCUT2D eigenvalue weighted by Crippen LogP contribution is 2.24. The summed E-state index contributed by atoms with van der Waals surface area (Å²) in [7, 11) is 0. The van der Waals surface area contributed by atoms with Crippen molar-refractivity contribution in [2.24, 2.45) is 5.92 Å². The largest absolute Gasteiger partial charge is 0.152 e. The van der Waals surface area contributed by atoms with Crippen molar-refractivity contribution in [1.29, 1.82) is 0 Å². The molecule has 0 aliphatic rings. The topological polar surface area (TPSA) is 0 Å². The fraction of sp³-hybridized carbons (Fsp3) is 0.556. The molecule has 1 aromatic heterocycles. The highest BCUT2D eigenvalue weighted by atomic mass is 32.1. The van der Waals surface area contributed by atoms with E-state index < -0.39 is 0 Å². The van der Waals surface area contributed by atoms with Crippen molar-refractivity contribution in [2.45, 2.75) is 26.7 Å². The van der Waals surface area contributed by atoms with E-state index in [9.17, 15) is 0 Å². The Labute approximate surface area is 66.9 Å². The Morgan fingerprint density at radius 2 is 2.00 bits per heavy atom. The molecule has 0 saturated carbocycles. The normalized spacial score (nSPS) is 14.0. The van der Waals surface area contributed by atoms with Gasteiger partial charge in [0.15, 0.2) is 0 Å². The van der Waals surface area contributed by atoms with E-state index in [1.807, 2.05) is 0 Å². The molecule has 1 heterocycles. The molecule has 0 N–H and O–H groups in total. The molecule has 0 saturated heterocycles. The number of thiophene rings is 1. The van der Waals surface area contributed by atoms with E-state index in [0.717, 1.165) is 5.92 Å². The highest BCUT2D eigenvalue weighted by Gasteiger charge is 2.08. The average Bonchev–Trinajstić information content (AvgIpc) is 2.36. The third kappa shape index (κ3) is 1.60. The minimum Gasteiger partial charge on any atom is -0.152 e. The van der Waals surface area contributed by atoms with Gasteiger partial charge in [-0.25, -0.2) is 0 Å². The number of hydrogen-bond acceptors (Lipinski definition) is 1. The molecule has 0 fully saturated rings. The van der Waals surface area contributed by atoms with Gasteiger partial charge in [0.25, 0.3) is 0 Å². The Kier molecular flexibility index (Phi) is 2.50. The predicted molar refractivity (Wildman–Crippen MR) is 47.6 cm³/mol. The number of hydrogen-bond donors (Lipinski definition) is 0. The molecule has 0 amide bonds. The van der Waals surface area contributed by atoms with Gasteiger partial charge in [0.2, 0.25) is 0 Å². The summed E-state index contributed by atoms with van der Waals surface area (Å²) in [6.07, 6.45) is 0. The van der Waals surface area contributed by atoms with Crippen LogP contribution in [0.1, 0.15) is 32.3 Å². The summed E-state index contributed by atoms with van der Waals surface area (Å²) in [6, 6.07) is 2.22. The predicted octanol–water partition coefficient (Wildman–Crippen LogP) is 3.51. The Morgan fingerprint density at radius 3 is 2.40 bits per heavy atom. The summed E-state index contributed by atoms with van der Waals surface area (Å²) in [5.41, 5.74) is 1.49. The van der Waals surface area contributed by atoms with Crippen LogP contribution in [0.3, 0.4) is 0 Å². The van der Waals surface area contributed by atoms with Gasteiger partial charge < -0.3 is 0 Å². The quantitative estimate of drug-likeness (QED) is 0.611. The van der Waals surface area contributed by atoms with E-state index in [1.54, 1.807) is 11.3 Å². The number of rotatable bonds is 2. The molecule has 0 aliphatic carbocycles. The van der Waals surface area contributed by atoms with Gasteiger partial charge in [-0.05, 0) is 34.2 Å². The summed E-state index contributed by atoms with van der Waals surface area (Å²) in [5, 5.41) is 4.39. The zero-order valence-corrected chi connectivity index (χ0v) is 7.61. The van der Waals surface area contributed by atoms with Crippen LogP contribution in [0.25, 0.3) is 0 Å². The van der Waals surface area contributed by atoms with Crippen LogP contribution in [0, 0.1) is 5.92 Å². The van der Waals surface area contributed by atoms with Gasteiger partial charge in [-0.3, -0.25) is 0 Å². The van der Waals surface area contributed by atoms with Crippen molar-refractivity contribution in [2.75, 3.05) is 0 Å². The molecule has 0 aromatic carbocycles. The molecule has 0 bridgehead atoms. The highest BCUT2D eigenvalue weighted by molar-refractivity contribution is 7.07. The van der Waals surface area contributed by atoms with Crippen molar-refractivity contribution >= 4 is 11.3 Å². The maximum Gasteiger partial charge on any atom is -0.00584 e. The van der Waals surface area contributed by atoms with Gasteiger partial charge in [0.05, 0.1) is 0 Å². The molecule has 0 nitrogen and oxygen atoms in total. The van der Waals surface area contributed by atoms with E-state index in [4.69, 9.17) is 0 Å². The van der Waals surface area contributed by atoms with E-state index in [2.05, 4.69) is 37.6 Å². The lowest BCUT2D eigenvalue weighted by molar-refractivity contribution is 0.536. The summed E-state index contributed by atoms with van der Waals surface area (Å²) >= 11 is 1.79. The fourth-order valence-electron chi connectivity index (χ4n) is 0.919. The van der Waals surface area contributed by atoms with Crippen LogP contribution in [-0.2, 0) is 0 Å². The average molecular weight is 154 g/mol. The van der Waals surface area contributed by atoms with Gasteiger partial charge in [-0.15, -0.1) is 0 Å². The van der Waals surface area contributed by atoms with Gasteiger partial charge in [0.1, 0.15) is 0 Å².